The molecular weight excluding hydrogens is 502 g/mol. The molecule has 0 aliphatic carbocycles. The molecule has 1 aromatic heterocycles. The molecule has 1 aliphatic heterocycles. The average molecular weight is 538 g/mol. The number of aliphatic hydroxyl groups is 1. The first-order valence-electron chi connectivity index (χ1n) is 13.1. The fraction of sp³-hybridized carbons (Fsp3) is 0.379. The minimum absolute atomic E-state index is 0.0606. The normalized spacial score (nSPS) is 16.9. The smallest absolute Gasteiger partial charge is 0.286 e. The minimum atomic E-state index is -0.652. The number of carbonyl (C=O) groups is 2. The summed E-state index contributed by atoms with van der Waals surface area (Å²) in [5, 5.41) is 15.5. The summed E-state index contributed by atoms with van der Waals surface area (Å²) in [7, 11) is 0. The molecule has 0 saturated heterocycles. The molecule has 1 aliphatic rings. The van der Waals surface area contributed by atoms with Crippen molar-refractivity contribution >= 4 is 34.2 Å². The first kappa shape index (κ1) is 28.2. The molecule has 0 saturated carbocycles. The van der Waals surface area contributed by atoms with Gasteiger partial charge in [0, 0.05) is 36.3 Å². The third kappa shape index (κ3) is 8.06. The molecule has 2 atom stereocenters. The van der Waals surface area contributed by atoms with Crippen LogP contribution in [0.25, 0.3) is 11.0 Å². The molecule has 2 aromatic carbocycles. The summed E-state index contributed by atoms with van der Waals surface area (Å²) in [6.45, 7) is 1.12. The Morgan fingerprint density at radius 3 is 2.72 bits per heavy atom. The third-order valence-corrected chi connectivity index (χ3v) is 6.31. The second kappa shape index (κ2) is 14.3. The lowest BCUT2D eigenvalue weighted by atomic mass is 9.92. The van der Waals surface area contributed by atoms with Crippen LogP contribution in [-0.2, 0) is 23.8 Å². The Morgan fingerprint density at radius 1 is 1.05 bits per heavy atom. The number of fused-ring (bicyclic) bond motifs is 1. The summed E-state index contributed by atoms with van der Waals surface area (Å²) >= 11 is 0. The van der Waals surface area contributed by atoms with Gasteiger partial charge in [-0.25, -0.2) is 0 Å². The molecule has 39 heavy (non-hydrogen) atoms. The van der Waals surface area contributed by atoms with E-state index in [1.165, 1.54) is 0 Å². The number of furan rings is 1. The van der Waals surface area contributed by atoms with E-state index < -0.39 is 6.29 Å². The highest BCUT2D eigenvalue weighted by atomic mass is 16.7. The zero-order valence-electron chi connectivity index (χ0n) is 21.8. The largest absolute Gasteiger partial charge is 0.464 e. The minimum Gasteiger partial charge on any atom is -0.464 e. The van der Waals surface area contributed by atoms with Gasteiger partial charge in [-0.05, 0) is 37.1 Å². The number of unbranched alkanes of at least 4 members (excludes halogenated alkanes) is 1. The molecule has 10 heteroatoms. The number of nitrogen functional groups attached to an aromatic ring is 1. The van der Waals surface area contributed by atoms with Crippen LogP contribution in [0.3, 0.4) is 0 Å². The van der Waals surface area contributed by atoms with E-state index in [1.807, 2.05) is 30.3 Å². The number of nitrogens with two attached hydrogens (primary N) is 1. The zero-order chi connectivity index (χ0) is 27.5. The molecule has 10 nitrogen and oxygen atoms in total. The Bertz CT molecular complexity index is 1270. The van der Waals surface area contributed by atoms with Gasteiger partial charge in [-0.3, -0.25) is 9.59 Å². The Balaban J connectivity index is 1.30. The van der Waals surface area contributed by atoms with Crippen molar-refractivity contribution in [1.29, 1.82) is 0 Å². The van der Waals surface area contributed by atoms with Crippen LogP contribution in [0.2, 0.25) is 0 Å². The van der Waals surface area contributed by atoms with E-state index in [9.17, 15) is 9.59 Å². The fourth-order valence-electron chi connectivity index (χ4n) is 4.35. The zero-order valence-corrected chi connectivity index (χ0v) is 21.8. The van der Waals surface area contributed by atoms with E-state index in [1.54, 1.807) is 30.5 Å². The van der Waals surface area contributed by atoms with Gasteiger partial charge >= 0.3 is 0 Å². The van der Waals surface area contributed by atoms with E-state index in [0.717, 1.165) is 16.5 Å². The van der Waals surface area contributed by atoms with Crippen LogP contribution in [-0.4, -0.2) is 56.2 Å². The van der Waals surface area contributed by atoms with E-state index in [4.69, 9.17) is 29.5 Å². The highest BCUT2D eigenvalue weighted by molar-refractivity contribution is 5.94. The summed E-state index contributed by atoms with van der Waals surface area (Å²) in [4.78, 5) is 25.2. The van der Waals surface area contributed by atoms with Gasteiger partial charge in [-0.1, -0.05) is 30.3 Å². The predicted molar refractivity (Wildman–Crippen MR) is 147 cm³/mol. The summed E-state index contributed by atoms with van der Waals surface area (Å²) in [6, 6.07) is 14.8. The highest BCUT2D eigenvalue weighted by Crippen LogP contribution is 2.36. The molecule has 3 aromatic rings. The van der Waals surface area contributed by atoms with Crippen molar-refractivity contribution in [1.82, 2.24) is 5.32 Å². The maximum atomic E-state index is 13.0. The molecule has 0 radical (unpaired) electrons. The third-order valence-electron chi connectivity index (χ3n) is 6.31. The first-order valence-corrected chi connectivity index (χ1v) is 13.1. The fourth-order valence-corrected chi connectivity index (χ4v) is 4.35. The van der Waals surface area contributed by atoms with E-state index in [2.05, 4.69) is 10.6 Å². The number of aliphatic hydroxyl groups excluding tert-OH is 1. The number of para-hydroxylation sites is 3. The van der Waals surface area contributed by atoms with Gasteiger partial charge in [-0.2, -0.15) is 0 Å². The lowest BCUT2D eigenvalue weighted by molar-refractivity contribution is -0.151. The van der Waals surface area contributed by atoms with Crippen molar-refractivity contribution in [2.24, 2.45) is 0 Å². The Hall–Kier alpha value is -3.86. The van der Waals surface area contributed by atoms with Crippen molar-refractivity contribution < 1.29 is 33.3 Å². The maximum Gasteiger partial charge on any atom is 0.286 e. The Kier molecular flexibility index (Phi) is 10.4. The SMILES string of the molecule is Nc1ccccc1NC(=O)CCCCNC(=O)C1=CC(c2coc3ccccc23)CC(OCCOCCO)O1. The monoisotopic (exact) mass is 537 g/mol. The lowest BCUT2D eigenvalue weighted by Gasteiger charge is -2.29. The number of carbonyl (C=O) groups excluding carboxylic acids is 2. The molecule has 0 fully saturated rings. The summed E-state index contributed by atoms with van der Waals surface area (Å²) in [5.41, 5.74) is 8.69. The van der Waals surface area contributed by atoms with Gasteiger partial charge in [0.05, 0.1) is 44.1 Å². The predicted octanol–water partition coefficient (Wildman–Crippen LogP) is 3.68. The second-order valence-electron chi connectivity index (χ2n) is 9.16. The standard InChI is InChI=1S/C29H35N3O7/c30-23-8-2-3-9-24(23)32-27(34)11-5-6-12-31-29(35)26-17-20(18-28(39-26)37-16-15-36-14-13-33)22-19-38-25-10-4-1-7-21(22)25/h1-4,7-10,17,19-20,28,33H,5-6,11-16,18,30H2,(H,31,35)(H,32,34). The van der Waals surface area contributed by atoms with Crippen LogP contribution in [0.15, 0.2) is 71.0 Å². The van der Waals surface area contributed by atoms with Crippen LogP contribution >= 0.6 is 0 Å². The van der Waals surface area contributed by atoms with Crippen molar-refractivity contribution in [2.75, 3.05) is 44.0 Å². The van der Waals surface area contributed by atoms with Crippen LogP contribution in [0.1, 0.15) is 37.2 Å². The van der Waals surface area contributed by atoms with Gasteiger partial charge < -0.3 is 40.1 Å². The summed E-state index contributed by atoms with van der Waals surface area (Å²) < 4.78 is 22.7. The van der Waals surface area contributed by atoms with Gasteiger partial charge in [-0.15, -0.1) is 0 Å². The van der Waals surface area contributed by atoms with Crippen molar-refractivity contribution in [3.05, 3.63) is 72.2 Å². The van der Waals surface area contributed by atoms with Gasteiger partial charge in [0.1, 0.15) is 5.58 Å². The number of hydrogen-bond donors (Lipinski definition) is 4. The summed E-state index contributed by atoms with van der Waals surface area (Å²) in [5.74, 6) is -0.453. The molecular formula is C29H35N3O7. The topological polar surface area (TPSA) is 145 Å². The van der Waals surface area contributed by atoms with Crippen molar-refractivity contribution in [3.63, 3.8) is 0 Å². The molecule has 2 unspecified atom stereocenters. The van der Waals surface area contributed by atoms with Gasteiger partial charge in [0.15, 0.2) is 5.76 Å². The highest BCUT2D eigenvalue weighted by Gasteiger charge is 2.30. The average Bonchev–Trinajstić information content (AvgIpc) is 3.38. The number of allylic oxidation sites excluding steroid dienone is 1. The van der Waals surface area contributed by atoms with Gasteiger partial charge in [0.25, 0.3) is 5.91 Å². The molecule has 2 heterocycles. The Morgan fingerprint density at radius 2 is 1.87 bits per heavy atom. The number of nitrogens with one attached hydrogen (secondary N) is 2. The lowest BCUT2D eigenvalue weighted by Crippen LogP contribution is -2.33. The van der Waals surface area contributed by atoms with E-state index in [-0.39, 0.29) is 43.3 Å². The number of rotatable bonds is 14. The second-order valence-corrected chi connectivity index (χ2v) is 9.16. The number of benzene rings is 2. The Labute approximate surface area is 227 Å². The molecule has 4 rings (SSSR count). The molecule has 0 bridgehead atoms. The number of amides is 2. The molecule has 2 amide bonds. The van der Waals surface area contributed by atoms with Crippen LogP contribution in [0, 0.1) is 0 Å². The van der Waals surface area contributed by atoms with Crippen molar-refractivity contribution in [3.8, 4) is 0 Å². The van der Waals surface area contributed by atoms with Crippen LogP contribution in [0.4, 0.5) is 11.4 Å². The molecule has 0 spiro atoms. The van der Waals surface area contributed by atoms with Crippen molar-refractivity contribution in [2.45, 2.75) is 37.9 Å². The first-order chi connectivity index (χ1) is 19.0. The maximum absolute atomic E-state index is 13.0. The molecule has 5 N–H and O–H groups in total. The number of ether oxygens (including phenoxy) is 3. The number of hydrogen-bond acceptors (Lipinski definition) is 8. The summed E-state index contributed by atoms with van der Waals surface area (Å²) in [6.07, 6.45) is 4.89. The van der Waals surface area contributed by atoms with Gasteiger partial charge in [0.2, 0.25) is 12.2 Å². The quantitative estimate of drug-likeness (QED) is 0.180. The van der Waals surface area contributed by atoms with E-state index >= 15 is 0 Å². The number of anilines is 2. The van der Waals surface area contributed by atoms with E-state index in [0.29, 0.717) is 50.2 Å². The van der Waals surface area contributed by atoms with Crippen LogP contribution in [0.5, 0.6) is 0 Å². The van der Waals surface area contributed by atoms with Crippen LogP contribution < -0.4 is 16.4 Å². The molecule has 208 valence electrons.